The number of aromatic amines is 1. The maximum absolute atomic E-state index is 12.7. The molecule has 7 heteroatoms. The molecule has 3 rings (SSSR count). The van der Waals surface area contributed by atoms with E-state index in [1.54, 1.807) is 12.3 Å². The summed E-state index contributed by atoms with van der Waals surface area (Å²) in [5.41, 5.74) is 6.69. The quantitative estimate of drug-likeness (QED) is 0.713. The van der Waals surface area contributed by atoms with Gasteiger partial charge in [-0.3, -0.25) is 9.78 Å². The van der Waals surface area contributed by atoms with E-state index >= 15 is 0 Å². The van der Waals surface area contributed by atoms with Gasteiger partial charge in [0.15, 0.2) is 5.78 Å². The highest BCUT2D eigenvalue weighted by Gasteiger charge is 2.19. The van der Waals surface area contributed by atoms with Crippen LogP contribution in [0, 0.1) is 0 Å². The van der Waals surface area contributed by atoms with Crippen molar-refractivity contribution in [1.82, 2.24) is 19.5 Å². The van der Waals surface area contributed by atoms with Gasteiger partial charge in [-0.25, -0.2) is 14.8 Å². The fourth-order valence-electron chi connectivity index (χ4n) is 2.39. The minimum atomic E-state index is -0.445. The highest BCUT2D eigenvalue weighted by molar-refractivity contribution is 6.16. The van der Waals surface area contributed by atoms with Gasteiger partial charge in [-0.2, -0.15) is 0 Å². The van der Waals surface area contributed by atoms with Crippen LogP contribution in [0.2, 0.25) is 0 Å². The molecule has 0 saturated carbocycles. The maximum atomic E-state index is 12.7. The largest absolute Gasteiger partial charge is 0.384 e. The SMILES string of the molecule is CC(C)n1cc(C(=O)c2ccnc(N)c2)c2cnc(=O)[nH]c21. The molecule has 3 aromatic rings. The highest BCUT2D eigenvalue weighted by atomic mass is 16.1. The van der Waals surface area contributed by atoms with Crippen LogP contribution in [0.3, 0.4) is 0 Å². The van der Waals surface area contributed by atoms with Crippen molar-refractivity contribution < 1.29 is 4.79 Å². The third-order valence-corrected chi connectivity index (χ3v) is 3.45. The van der Waals surface area contributed by atoms with Crippen molar-refractivity contribution in [3.05, 3.63) is 52.3 Å². The van der Waals surface area contributed by atoms with Crippen LogP contribution in [-0.2, 0) is 0 Å². The lowest BCUT2D eigenvalue weighted by Crippen LogP contribution is -2.11. The molecule has 22 heavy (non-hydrogen) atoms. The van der Waals surface area contributed by atoms with E-state index in [0.717, 1.165) is 0 Å². The highest BCUT2D eigenvalue weighted by Crippen LogP contribution is 2.24. The van der Waals surface area contributed by atoms with Crippen LogP contribution in [0.4, 0.5) is 5.82 Å². The van der Waals surface area contributed by atoms with Crippen molar-refractivity contribution in [2.24, 2.45) is 0 Å². The Labute approximate surface area is 125 Å². The second-order valence-corrected chi connectivity index (χ2v) is 5.29. The van der Waals surface area contributed by atoms with Gasteiger partial charge in [0.05, 0.1) is 5.56 Å². The third-order valence-electron chi connectivity index (χ3n) is 3.45. The first kappa shape index (κ1) is 14.0. The molecule has 0 aliphatic heterocycles. The van der Waals surface area contributed by atoms with Gasteiger partial charge in [-0.1, -0.05) is 0 Å². The Morgan fingerprint density at radius 3 is 2.82 bits per heavy atom. The van der Waals surface area contributed by atoms with E-state index in [1.807, 2.05) is 18.4 Å². The van der Waals surface area contributed by atoms with Crippen LogP contribution in [0.5, 0.6) is 0 Å². The molecule has 0 spiro atoms. The molecule has 0 bridgehead atoms. The van der Waals surface area contributed by atoms with Crippen LogP contribution in [0.25, 0.3) is 11.0 Å². The summed E-state index contributed by atoms with van der Waals surface area (Å²) in [6.07, 6.45) is 4.64. The zero-order valence-corrected chi connectivity index (χ0v) is 12.2. The van der Waals surface area contributed by atoms with Gasteiger partial charge in [0, 0.05) is 35.6 Å². The molecule has 0 fully saturated rings. The molecule has 3 heterocycles. The Hall–Kier alpha value is -2.96. The summed E-state index contributed by atoms with van der Waals surface area (Å²) in [5.74, 6) is 0.0947. The number of rotatable bonds is 3. The number of nitrogens with two attached hydrogens (primary N) is 1. The molecular weight excluding hydrogens is 282 g/mol. The van der Waals surface area contributed by atoms with Crippen molar-refractivity contribution in [1.29, 1.82) is 0 Å². The zero-order chi connectivity index (χ0) is 15.9. The Balaban J connectivity index is 2.23. The second-order valence-electron chi connectivity index (χ2n) is 5.29. The summed E-state index contributed by atoms with van der Waals surface area (Å²) in [6.45, 7) is 3.94. The fourth-order valence-corrected chi connectivity index (χ4v) is 2.39. The van der Waals surface area contributed by atoms with E-state index in [-0.39, 0.29) is 17.6 Å². The number of aromatic nitrogens is 4. The average molecular weight is 297 g/mol. The molecule has 0 unspecified atom stereocenters. The minimum absolute atomic E-state index is 0.0876. The molecule has 0 aliphatic carbocycles. The summed E-state index contributed by atoms with van der Waals surface area (Å²) >= 11 is 0. The molecule has 112 valence electrons. The number of nitrogens with zero attached hydrogens (tertiary/aromatic N) is 3. The van der Waals surface area contributed by atoms with Gasteiger partial charge in [-0.15, -0.1) is 0 Å². The molecular formula is C15H15N5O2. The summed E-state index contributed by atoms with van der Waals surface area (Å²) < 4.78 is 1.84. The number of anilines is 1. The molecule has 0 amide bonds. The van der Waals surface area contributed by atoms with Crippen LogP contribution < -0.4 is 11.4 Å². The monoisotopic (exact) mass is 297 g/mol. The number of carbonyl (C=O) groups excluding carboxylic acids is 1. The zero-order valence-electron chi connectivity index (χ0n) is 12.2. The maximum Gasteiger partial charge on any atom is 0.346 e. The van der Waals surface area contributed by atoms with Crippen molar-refractivity contribution in [3.8, 4) is 0 Å². The fraction of sp³-hybridized carbons (Fsp3) is 0.200. The first-order valence-corrected chi connectivity index (χ1v) is 6.83. The minimum Gasteiger partial charge on any atom is -0.384 e. The summed E-state index contributed by atoms with van der Waals surface area (Å²) in [4.78, 5) is 34.5. The number of ketones is 1. The van der Waals surface area contributed by atoms with Gasteiger partial charge in [-0.05, 0) is 26.0 Å². The van der Waals surface area contributed by atoms with Crippen molar-refractivity contribution in [3.63, 3.8) is 0 Å². The molecule has 0 saturated heterocycles. The van der Waals surface area contributed by atoms with E-state index in [1.165, 1.54) is 18.5 Å². The van der Waals surface area contributed by atoms with E-state index in [9.17, 15) is 9.59 Å². The standard InChI is InChI=1S/C15H15N5O2/c1-8(2)20-7-11(10-6-18-15(22)19-14(10)20)13(21)9-3-4-17-12(16)5-9/h3-8H,1-2H3,(H2,16,17)(H,18,19,22). The normalized spacial score (nSPS) is 11.2. The molecule has 0 aliphatic rings. The first-order chi connectivity index (χ1) is 10.5. The second kappa shape index (κ2) is 5.10. The average Bonchev–Trinajstić information content (AvgIpc) is 2.85. The van der Waals surface area contributed by atoms with Gasteiger partial charge in [0.2, 0.25) is 0 Å². The molecule has 0 atom stereocenters. The first-order valence-electron chi connectivity index (χ1n) is 6.83. The predicted octanol–water partition coefficient (Wildman–Crippen LogP) is 1.51. The van der Waals surface area contributed by atoms with Gasteiger partial charge >= 0.3 is 5.69 Å². The smallest absolute Gasteiger partial charge is 0.346 e. The van der Waals surface area contributed by atoms with Crippen LogP contribution in [0.1, 0.15) is 35.8 Å². The van der Waals surface area contributed by atoms with Gasteiger partial charge in [0.25, 0.3) is 0 Å². The predicted molar refractivity (Wildman–Crippen MR) is 82.8 cm³/mol. The number of hydrogen-bond donors (Lipinski definition) is 2. The van der Waals surface area contributed by atoms with Gasteiger partial charge < -0.3 is 10.3 Å². The Kier molecular flexibility index (Phi) is 3.25. The lowest BCUT2D eigenvalue weighted by molar-refractivity contribution is 0.104. The van der Waals surface area contributed by atoms with Crippen molar-refractivity contribution >= 4 is 22.6 Å². The van der Waals surface area contributed by atoms with Crippen molar-refractivity contribution in [2.45, 2.75) is 19.9 Å². The number of nitrogen functional groups attached to an aromatic ring is 1. The van der Waals surface area contributed by atoms with Crippen LogP contribution in [0.15, 0.2) is 35.5 Å². The third kappa shape index (κ3) is 2.26. The van der Waals surface area contributed by atoms with Crippen LogP contribution in [-0.4, -0.2) is 25.3 Å². The summed E-state index contributed by atoms with van der Waals surface area (Å²) in [5, 5.41) is 0.605. The number of fused-ring (bicyclic) bond motifs is 1. The number of hydrogen-bond acceptors (Lipinski definition) is 5. The van der Waals surface area contributed by atoms with Gasteiger partial charge in [0.1, 0.15) is 11.5 Å². The number of pyridine rings is 1. The Morgan fingerprint density at radius 1 is 1.36 bits per heavy atom. The number of H-pyrrole nitrogens is 1. The molecule has 0 radical (unpaired) electrons. The molecule has 3 aromatic heterocycles. The molecule has 0 aromatic carbocycles. The van der Waals surface area contributed by atoms with E-state index in [0.29, 0.717) is 22.2 Å². The lowest BCUT2D eigenvalue weighted by Gasteiger charge is -2.07. The van der Waals surface area contributed by atoms with Crippen molar-refractivity contribution in [2.75, 3.05) is 5.73 Å². The van der Waals surface area contributed by atoms with E-state index in [4.69, 9.17) is 5.73 Å². The number of carbonyl (C=O) groups is 1. The topological polar surface area (TPSA) is 107 Å². The van der Waals surface area contributed by atoms with E-state index < -0.39 is 5.69 Å². The lowest BCUT2D eigenvalue weighted by atomic mass is 10.1. The molecule has 3 N–H and O–H groups in total. The Morgan fingerprint density at radius 2 is 2.14 bits per heavy atom. The molecule has 7 nitrogen and oxygen atoms in total. The van der Waals surface area contributed by atoms with E-state index in [2.05, 4.69) is 15.0 Å². The summed E-state index contributed by atoms with van der Waals surface area (Å²) in [7, 11) is 0. The Bertz CT molecular complexity index is 923. The number of nitrogens with one attached hydrogen (secondary N) is 1. The summed E-state index contributed by atoms with van der Waals surface area (Å²) in [6, 6.07) is 3.22. The van der Waals surface area contributed by atoms with Crippen LogP contribution >= 0.6 is 0 Å².